The van der Waals surface area contributed by atoms with Gasteiger partial charge >= 0.3 is 0 Å². The van der Waals surface area contributed by atoms with Crippen LogP contribution in [0.2, 0.25) is 5.02 Å². The van der Waals surface area contributed by atoms with Crippen molar-refractivity contribution in [2.24, 2.45) is 5.73 Å². The van der Waals surface area contributed by atoms with Crippen LogP contribution in [0.5, 0.6) is 11.5 Å². The smallest absolute Gasteiger partial charge is 0.251 e. The summed E-state index contributed by atoms with van der Waals surface area (Å²) in [6.45, 7) is 1.12. The van der Waals surface area contributed by atoms with E-state index in [0.717, 1.165) is 12.8 Å². The van der Waals surface area contributed by atoms with Crippen LogP contribution in [0.4, 0.5) is 4.39 Å². The number of pyridine rings is 1. The normalized spacial score (nSPS) is 18.3. The molecular formula is C35H30ClFN4O6. The van der Waals surface area contributed by atoms with Crippen molar-refractivity contribution in [1.82, 2.24) is 15.3 Å². The second-order valence-electron chi connectivity index (χ2n) is 12.1. The van der Waals surface area contributed by atoms with Gasteiger partial charge in [-0.15, -0.1) is 0 Å². The molecule has 2 atom stereocenters. The molecule has 0 saturated heterocycles. The Morgan fingerprint density at radius 3 is 2.62 bits per heavy atom. The van der Waals surface area contributed by atoms with Gasteiger partial charge in [0.05, 0.1) is 19.3 Å². The number of ether oxygens (including phenoxy) is 2. The van der Waals surface area contributed by atoms with Crippen LogP contribution < -0.4 is 20.5 Å². The number of aromatic nitrogens is 2. The van der Waals surface area contributed by atoms with E-state index in [2.05, 4.69) is 10.3 Å². The van der Waals surface area contributed by atoms with Gasteiger partial charge in [0.25, 0.3) is 5.91 Å². The molecule has 1 saturated carbocycles. The lowest BCUT2D eigenvalue weighted by Crippen LogP contribution is -2.43. The number of nitrogens with zero attached hydrogens (tertiary/aromatic N) is 2. The maximum atomic E-state index is 15.3. The fraction of sp³-hybridized carbons (Fsp3) is 0.257. The summed E-state index contributed by atoms with van der Waals surface area (Å²) < 4.78 is 32.7. The number of nitrogens with one attached hydrogen (secondary N) is 1. The van der Waals surface area contributed by atoms with Gasteiger partial charge in [0, 0.05) is 27.6 Å². The van der Waals surface area contributed by atoms with Gasteiger partial charge in [-0.2, -0.15) is 0 Å². The van der Waals surface area contributed by atoms with E-state index in [4.69, 9.17) is 36.2 Å². The molecule has 1 fully saturated rings. The highest BCUT2D eigenvalue weighted by atomic mass is 35.5. The Balaban J connectivity index is 1.33. The van der Waals surface area contributed by atoms with Gasteiger partial charge in [-0.3, -0.25) is 9.59 Å². The molecule has 2 aromatic heterocycles. The zero-order chi connectivity index (χ0) is 33.1. The SMILES string of the molecule is COc1cc(C(=O)NC[C@@](O)(c2ccccc2)c2cc3c(c(-c4cc(Cl)ccc4F)n2)OC[C@]3(C)C(N)=O)cc2oc(C3CC3)nc12. The maximum Gasteiger partial charge on any atom is 0.251 e. The maximum absolute atomic E-state index is 15.3. The van der Waals surface area contributed by atoms with Crippen molar-refractivity contribution >= 4 is 34.5 Å². The van der Waals surface area contributed by atoms with Crippen molar-refractivity contribution < 1.29 is 33.0 Å². The highest BCUT2D eigenvalue weighted by Crippen LogP contribution is 2.47. The van der Waals surface area contributed by atoms with Crippen LogP contribution in [0.3, 0.4) is 0 Å². The lowest BCUT2D eigenvalue weighted by Gasteiger charge is -2.30. The molecule has 5 aromatic rings. The third kappa shape index (κ3) is 5.25. The van der Waals surface area contributed by atoms with Crippen molar-refractivity contribution in [3.8, 4) is 22.8 Å². The topological polar surface area (TPSA) is 150 Å². The van der Waals surface area contributed by atoms with Gasteiger partial charge in [-0.1, -0.05) is 41.9 Å². The first-order valence-electron chi connectivity index (χ1n) is 15.0. The number of oxazole rings is 1. The van der Waals surface area contributed by atoms with Crippen LogP contribution in [-0.2, 0) is 15.8 Å². The molecule has 47 heavy (non-hydrogen) atoms. The largest absolute Gasteiger partial charge is 0.494 e. The predicted octanol–water partition coefficient (Wildman–Crippen LogP) is 5.37. The van der Waals surface area contributed by atoms with Gasteiger partial charge < -0.3 is 30.0 Å². The summed E-state index contributed by atoms with van der Waals surface area (Å²) in [6, 6.07) is 17.2. The molecule has 240 valence electrons. The van der Waals surface area contributed by atoms with E-state index in [1.165, 1.54) is 31.4 Å². The molecule has 0 unspecified atom stereocenters. The van der Waals surface area contributed by atoms with E-state index in [1.54, 1.807) is 49.4 Å². The number of rotatable bonds is 9. The minimum absolute atomic E-state index is 0.00166. The number of carbonyl (C=O) groups is 2. The molecule has 0 spiro atoms. The standard InChI is InChI=1S/C35H30ClFN4O6/c1-34(33(38)43)17-46-30-23(34)15-27(40-28(30)22-14-21(36)10-11-24(22)37)35(44,20-6-4-3-5-7-20)16-39-31(42)19-12-25(45-2)29-26(13-19)47-32(41-29)18-8-9-18/h3-7,10-15,18,44H,8-9,16-17H2,1-2H3,(H2,38,43)(H,39,42)/t34-,35+/m0/s1. The molecular weight excluding hydrogens is 627 g/mol. The lowest BCUT2D eigenvalue weighted by molar-refractivity contribution is -0.123. The number of primary amides is 1. The number of nitrogens with two attached hydrogens (primary N) is 1. The number of amides is 2. The van der Waals surface area contributed by atoms with E-state index in [-0.39, 0.29) is 52.4 Å². The Morgan fingerprint density at radius 2 is 1.91 bits per heavy atom. The molecule has 10 nitrogen and oxygen atoms in total. The Bertz CT molecular complexity index is 2070. The van der Waals surface area contributed by atoms with Gasteiger partial charge in [-0.25, -0.2) is 14.4 Å². The summed E-state index contributed by atoms with van der Waals surface area (Å²) in [4.78, 5) is 35.7. The first kappa shape index (κ1) is 30.6. The van der Waals surface area contributed by atoms with E-state index in [9.17, 15) is 14.7 Å². The number of fused-ring (bicyclic) bond motifs is 2. The summed E-state index contributed by atoms with van der Waals surface area (Å²) in [7, 11) is 1.49. The second kappa shape index (κ2) is 11.4. The number of aliphatic hydroxyl groups is 1. The number of benzene rings is 3. The van der Waals surface area contributed by atoms with Crippen molar-refractivity contribution in [1.29, 1.82) is 0 Å². The lowest BCUT2D eigenvalue weighted by atomic mass is 9.80. The molecule has 0 radical (unpaired) electrons. The highest BCUT2D eigenvalue weighted by Gasteiger charge is 2.46. The first-order chi connectivity index (χ1) is 22.5. The number of carbonyl (C=O) groups excluding carboxylic acids is 2. The zero-order valence-corrected chi connectivity index (χ0v) is 26.2. The van der Waals surface area contributed by atoms with E-state index >= 15 is 4.39 Å². The van der Waals surface area contributed by atoms with E-state index in [0.29, 0.717) is 33.9 Å². The third-order valence-electron chi connectivity index (χ3n) is 8.87. The molecule has 2 aliphatic rings. The zero-order valence-electron chi connectivity index (χ0n) is 25.5. The third-order valence-corrected chi connectivity index (χ3v) is 9.10. The Kier molecular flexibility index (Phi) is 7.40. The fourth-order valence-electron chi connectivity index (χ4n) is 5.83. The van der Waals surface area contributed by atoms with Gasteiger partial charge in [-0.05, 0) is 61.7 Å². The highest BCUT2D eigenvalue weighted by molar-refractivity contribution is 6.30. The molecule has 3 aromatic carbocycles. The molecule has 7 rings (SSSR count). The van der Waals surface area contributed by atoms with Crippen molar-refractivity contribution in [3.63, 3.8) is 0 Å². The number of hydrogen-bond acceptors (Lipinski definition) is 8. The molecule has 0 bridgehead atoms. The summed E-state index contributed by atoms with van der Waals surface area (Å²) in [5.41, 5.74) is 4.43. The van der Waals surface area contributed by atoms with Crippen LogP contribution in [0.1, 0.15) is 58.8 Å². The average molecular weight is 657 g/mol. The van der Waals surface area contributed by atoms with Gasteiger partial charge in [0.1, 0.15) is 40.6 Å². The van der Waals surface area contributed by atoms with Crippen LogP contribution in [0.25, 0.3) is 22.4 Å². The number of halogens is 2. The Hall–Kier alpha value is -5.00. The monoisotopic (exact) mass is 656 g/mol. The van der Waals surface area contributed by atoms with Crippen LogP contribution in [0.15, 0.2) is 71.1 Å². The molecule has 1 aliphatic carbocycles. The minimum Gasteiger partial charge on any atom is -0.494 e. The molecule has 3 heterocycles. The first-order valence-corrected chi connectivity index (χ1v) is 15.4. The van der Waals surface area contributed by atoms with Gasteiger partial charge in [0.2, 0.25) is 5.91 Å². The molecule has 1 aliphatic heterocycles. The number of hydrogen-bond donors (Lipinski definition) is 3. The number of methoxy groups -OCH3 is 1. The summed E-state index contributed by atoms with van der Waals surface area (Å²) >= 11 is 6.24. The van der Waals surface area contributed by atoms with Crippen LogP contribution >= 0.6 is 11.6 Å². The van der Waals surface area contributed by atoms with Crippen molar-refractivity contribution in [3.05, 3.63) is 106 Å². The Morgan fingerprint density at radius 1 is 1.15 bits per heavy atom. The quantitative estimate of drug-likeness (QED) is 0.192. The summed E-state index contributed by atoms with van der Waals surface area (Å²) in [5, 5.41) is 15.6. The van der Waals surface area contributed by atoms with Crippen molar-refractivity contribution in [2.75, 3.05) is 20.3 Å². The fourth-order valence-corrected chi connectivity index (χ4v) is 6.01. The predicted molar refractivity (Wildman–Crippen MR) is 171 cm³/mol. The summed E-state index contributed by atoms with van der Waals surface area (Å²) in [6.07, 6.45) is 1.99. The molecule has 12 heteroatoms. The van der Waals surface area contributed by atoms with E-state index in [1.807, 2.05) is 0 Å². The molecule has 4 N–H and O–H groups in total. The summed E-state index contributed by atoms with van der Waals surface area (Å²) in [5.74, 6) is -0.459. The van der Waals surface area contributed by atoms with Crippen LogP contribution in [0, 0.1) is 5.82 Å². The minimum atomic E-state index is -1.98. The van der Waals surface area contributed by atoms with Gasteiger partial charge in [0.15, 0.2) is 17.0 Å². The van der Waals surface area contributed by atoms with Crippen molar-refractivity contribution in [2.45, 2.75) is 36.7 Å². The average Bonchev–Trinajstić information content (AvgIpc) is 3.75. The van der Waals surface area contributed by atoms with E-state index < -0.39 is 28.6 Å². The van der Waals surface area contributed by atoms with Crippen LogP contribution in [-0.4, -0.2) is 47.2 Å². The molecule has 2 amide bonds. The Labute approximate surface area is 273 Å². The second-order valence-corrected chi connectivity index (χ2v) is 12.5.